The Kier molecular flexibility index (Phi) is 10.1. The van der Waals surface area contributed by atoms with Crippen LogP contribution in [0.25, 0.3) is 0 Å². The quantitative estimate of drug-likeness (QED) is 0.367. The van der Waals surface area contributed by atoms with Gasteiger partial charge in [0.1, 0.15) is 11.5 Å². The van der Waals surface area contributed by atoms with Gasteiger partial charge in [0, 0.05) is 43.1 Å². The van der Waals surface area contributed by atoms with E-state index in [0.717, 1.165) is 16.8 Å². The third-order valence-electron chi connectivity index (χ3n) is 3.80. The predicted octanol–water partition coefficient (Wildman–Crippen LogP) is 2.77. The van der Waals surface area contributed by atoms with Crippen molar-refractivity contribution in [3.05, 3.63) is 48.2 Å². The van der Waals surface area contributed by atoms with Crippen molar-refractivity contribution in [1.29, 1.82) is 0 Å². The molecule has 0 fully saturated rings. The van der Waals surface area contributed by atoms with Crippen LogP contribution >= 0.6 is 0 Å². The molecule has 0 saturated heterocycles. The molecule has 152 valence electrons. The van der Waals surface area contributed by atoms with E-state index in [1.807, 2.05) is 20.8 Å². The van der Waals surface area contributed by atoms with Gasteiger partial charge < -0.3 is 20.1 Å². The molecule has 0 aliphatic heterocycles. The lowest BCUT2D eigenvalue weighted by molar-refractivity contribution is -0.139. The summed E-state index contributed by atoms with van der Waals surface area (Å²) in [4.78, 5) is 28.1. The van der Waals surface area contributed by atoms with E-state index in [1.165, 1.54) is 0 Å². The molecule has 0 spiro atoms. The monoisotopic (exact) mass is 387 g/mol. The molecule has 0 saturated carbocycles. The summed E-state index contributed by atoms with van der Waals surface area (Å²) in [5.74, 6) is -0.118. The number of hydrogen-bond donors (Lipinski definition) is 2. The highest BCUT2D eigenvalue weighted by molar-refractivity contribution is 6.35. The minimum Gasteiger partial charge on any atom is -0.496 e. The second kappa shape index (κ2) is 12.3. The van der Waals surface area contributed by atoms with E-state index in [9.17, 15) is 9.59 Å². The molecule has 0 aliphatic rings. The van der Waals surface area contributed by atoms with Crippen LogP contribution in [-0.4, -0.2) is 37.8 Å². The average molecular weight is 387 g/mol. The first kappa shape index (κ1) is 23.0. The third-order valence-corrected chi connectivity index (χ3v) is 3.80. The van der Waals surface area contributed by atoms with Gasteiger partial charge in [0.05, 0.1) is 13.7 Å². The van der Waals surface area contributed by atoms with Crippen LogP contribution in [0.15, 0.2) is 47.6 Å². The first-order chi connectivity index (χ1) is 13.4. The minimum absolute atomic E-state index is 0.175. The smallest absolute Gasteiger partial charge is 0.309 e. The maximum absolute atomic E-state index is 12.0. The molecule has 2 N–H and O–H groups in total. The number of hydrogen-bond acceptors (Lipinski definition) is 5. The summed E-state index contributed by atoms with van der Waals surface area (Å²) >= 11 is 0. The molecule has 28 heavy (non-hydrogen) atoms. The highest BCUT2D eigenvalue weighted by Gasteiger charge is 2.14. The molecular formula is C21H29N3O4. The molecule has 0 radical (unpaired) electrons. The van der Waals surface area contributed by atoms with Crippen LogP contribution in [0.5, 0.6) is 11.5 Å². The Morgan fingerprint density at radius 3 is 2.57 bits per heavy atom. The summed E-state index contributed by atoms with van der Waals surface area (Å²) in [7, 11) is 1.54. The fourth-order valence-corrected chi connectivity index (χ4v) is 2.15. The predicted molar refractivity (Wildman–Crippen MR) is 111 cm³/mol. The van der Waals surface area contributed by atoms with Gasteiger partial charge in [-0.05, 0) is 38.5 Å². The lowest BCUT2D eigenvalue weighted by atomic mass is 10.2. The van der Waals surface area contributed by atoms with Crippen LogP contribution in [-0.2, 0) is 16.1 Å². The number of aliphatic imine (C=N–C) groups is 1. The van der Waals surface area contributed by atoms with E-state index in [2.05, 4.69) is 22.2 Å². The summed E-state index contributed by atoms with van der Waals surface area (Å²) in [6, 6.07) is 5.33. The summed E-state index contributed by atoms with van der Waals surface area (Å²) in [6.07, 6.45) is 3.97. The molecule has 0 aliphatic carbocycles. The van der Waals surface area contributed by atoms with Gasteiger partial charge in [-0.2, -0.15) is 0 Å². The maximum atomic E-state index is 12.0. The number of rotatable bonds is 10. The molecule has 0 heterocycles. The molecule has 1 rings (SSSR count). The number of amides is 2. The van der Waals surface area contributed by atoms with Crippen molar-refractivity contribution in [2.75, 3.05) is 20.3 Å². The molecular weight excluding hydrogens is 358 g/mol. The lowest BCUT2D eigenvalue weighted by Crippen LogP contribution is -2.40. The van der Waals surface area contributed by atoms with Gasteiger partial charge in [0.15, 0.2) is 0 Å². The number of ether oxygens (including phenoxy) is 2. The zero-order valence-electron chi connectivity index (χ0n) is 17.0. The average Bonchev–Trinajstić information content (AvgIpc) is 2.70. The SMILES string of the molecule is C=C/C(C)=C/N=C(C)CCNC(=O)C(=O)NCc1ccc(OCC)cc1OC. The molecule has 2 amide bonds. The topological polar surface area (TPSA) is 89.0 Å². The molecule has 0 aromatic heterocycles. The number of methoxy groups -OCH3 is 1. The van der Waals surface area contributed by atoms with Gasteiger partial charge in [-0.3, -0.25) is 14.6 Å². The van der Waals surface area contributed by atoms with Crippen molar-refractivity contribution in [3.8, 4) is 11.5 Å². The molecule has 1 aromatic carbocycles. The summed E-state index contributed by atoms with van der Waals surface area (Å²) in [6.45, 7) is 10.4. The Labute approximate surface area is 166 Å². The van der Waals surface area contributed by atoms with Crippen molar-refractivity contribution < 1.29 is 19.1 Å². The van der Waals surface area contributed by atoms with Crippen LogP contribution in [0.3, 0.4) is 0 Å². The van der Waals surface area contributed by atoms with E-state index in [4.69, 9.17) is 9.47 Å². The number of nitrogens with one attached hydrogen (secondary N) is 2. The highest BCUT2D eigenvalue weighted by Crippen LogP contribution is 2.24. The molecule has 7 nitrogen and oxygen atoms in total. The van der Waals surface area contributed by atoms with Gasteiger partial charge in [0.25, 0.3) is 0 Å². The number of carbonyl (C=O) groups is 2. The fraction of sp³-hybridized carbons (Fsp3) is 0.381. The number of allylic oxidation sites excluding steroid dienone is 2. The van der Waals surface area contributed by atoms with Gasteiger partial charge in [-0.25, -0.2) is 0 Å². The van der Waals surface area contributed by atoms with Gasteiger partial charge >= 0.3 is 11.8 Å². The van der Waals surface area contributed by atoms with Crippen LogP contribution in [0.2, 0.25) is 0 Å². The van der Waals surface area contributed by atoms with Crippen LogP contribution in [0.1, 0.15) is 32.8 Å². The van der Waals surface area contributed by atoms with E-state index < -0.39 is 11.8 Å². The Hall–Kier alpha value is -3.09. The normalized spacial score (nSPS) is 11.6. The standard InChI is InChI=1S/C21H29N3O4/c1-6-15(3)13-23-16(4)10-11-22-20(25)21(26)24-14-17-8-9-18(28-7-2)12-19(17)27-5/h6,8-9,12-13H,1,7,10-11,14H2,2-5H3,(H,22,25)(H,24,26)/b15-13+,23-16?. The Morgan fingerprint density at radius 1 is 1.21 bits per heavy atom. The number of benzene rings is 1. The number of carbonyl (C=O) groups excluding carboxylic acids is 2. The fourth-order valence-electron chi connectivity index (χ4n) is 2.15. The lowest BCUT2D eigenvalue weighted by Gasteiger charge is -2.12. The summed E-state index contributed by atoms with van der Waals surface area (Å²) in [5.41, 5.74) is 2.55. The molecule has 0 unspecified atom stereocenters. The number of nitrogens with zero attached hydrogens (tertiary/aromatic N) is 1. The Morgan fingerprint density at radius 2 is 1.93 bits per heavy atom. The minimum atomic E-state index is -0.701. The molecule has 0 atom stereocenters. The second-order valence-electron chi connectivity index (χ2n) is 6.04. The van der Waals surface area contributed by atoms with E-state index in [0.29, 0.717) is 31.1 Å². The van der Waals surface area contributed by atoms with E-state index in [-0.39, 0.29) is 6.54 Å². The summed E-state index contributed by atoms with van der Waals surface area (Å²) < 4.78 is 10.7. The van der Waals surface area contributed by atoms with Crippen molar-refractivity contribution in [2.45, 2.75) is 33.7 Å². The molecule has 7 heteroatoms. The zero-order chi connectivity index (χ0) is 20.9. The highest BCUT2D eigenvalue weighted by atomic mass is 16.5. The molecule has 1 aromatic rings. The Bertz CT molecular complexity index is 754. The molecule has 0 bridgehead atoms. The van der Waals surface area contributed by atoms with Gasteiger partial charge in [0.2, 0.25) is 0 Å². The van der Waals surface area contributed by atoms with Crippen molar-refractivity contribution in [3.63, 3.8) is 0 Å². The largest absolute Gasteiger partial charge is 0.496 e. The summed E-state index contributed by atoms with van der Waals surface area (Å²) in [5, 5.41) is 5.17. The van der Waals surface area contributed by atoms with E-state index >= 15 is 0 Å². The second-order valence-corrected chi connectivity index (χ2v) is 6.04. The first-order valence-corrected chi connectivity index (χ1v) is 9.09. The van der Waals surface area contributed by atoms with Crippen molar-refractivity contribution >= 4 is 17.5 Å². The van der Waals surface area contributed by atoms with Crippen LogP contribution in [0, 0.1) is 0 Å². The maximum Gasteiger partial charge on any atom is 0.309 e. The van der Waals surface area contributed by atoms with Gasteiger partial charge in [-0.1, -0.05) is 12.7 Å². The van der Waals surface area contributed by atoms with Crippen LogP contribution in [0.4, 0.5) is 0 Å². The van der Waals surface area contributed by atoms with Crippen LogP contribution < -0.4 is 20.1 Å². The van der Waals surface area contributed by atoms with Gasteiger partial charge in [-0.15, -0.1) is 0 Å². The third kappa shape index (κ3) is 8.07. The Balaban J connectivity index is 2.49. The van der Waals surface area contributed by atoms with Crippen molar-refractivity contribution in [1.82, 2.24) is 10.6 Å². The van der Waals surface area contributed by atoms with E-state index in [1.54, 1.807) is 37.6 Å². The zero-order valence-corrected chi connectivity index (χ0v) is 17.0. The first-order valence-electron chi connectivity index (χ1n) is 9.09. The van der Waals surface area contributed by atoms with Crippen molar-refractivity contribution in [2.24, 2.45) is 4.99 Å².